The molecule has 1 aromatic heterocycles. The van der Waals surface area contributed by atoms with Crippen LogP contribution in [-0.4, -0.2) is 41.4 Å². The molecule has 2 atom stereocenters. The highest BCUT2D eigenvalue weighted by molar-refractivity contribution is 7.92. The maximum Gasteiger partial charge on any atom is 0.183 e. The first kappa shape index (κ1) is 17.6. The van der Waals surface area contributed by atoms with Gasteiger partial charge in [0, 0.05) is 44.4 Å². The molecule has 0 radical (unpaired) electrons. The molecular weight excluding hydrogens is 370 g/mol. The van der Waals surface area contributed by atoms with Gasteiger partial charge in [0.25, 0.3) is 0 Å². The molecular formula is C22H23N3O2S. The number of aromatic nitrogens is 2. The van der Waals surface area contributed by atoms with Gasteiger partial charge < -0.3 is 0 Å². The van der Waals surface area contributed by atoms with Crippen molar-refractivity contribution >= 4 is 9.84 Å². The van der Waals surface area contributed by atoms with E-state index < -0.39 is 9.84 Å². The molecule has 3 heterocycles. The van der Waals surface area contributed by atoms with Crippen molar-refractivity contribution in [3.63, 3.8) is 0 Å². The fourth-order valence-corrected chi connectivity index (χ4v) is 6.87. The third kappa shape index (κ3) is 2.79. The quantitative estimate of drug-likeness (QED) is 0.686. The van der Waals surface area contributed by atoms with Crippen LogP contribution < -0.4 is 0 Å². The number of sulfone groups is 1. The Morgan fingerprint density at radius 2 is 1.96 bits per heavy atom. The van der Waals surface area contributed by atoms with Gasteiger partial charge >= 0.3 is 0 Å². The number of hydrogen-bond donors (Lipinski definition) is 0. The van der Waals surface area contributed by atoms with Crippen LogP contribution in [0.4, 0.5) is 0 Å². The molecule has 2 aliphatic heterocycles. The molecule has 2 aromatic carbocycles. The molecule has 0 bridgehead atoms. The molecule has 0 N–H and O–H groups in total. The fraction of sp³-hybridized carbons (Fsp3) is 0.318. The summed E-state index contributed by atoms with van der Waals surface area (Å²) in [5, 5.41) is 3.90. The largest absolute Gasteiger partial charge is 0.297 e. The highest BCUT2D eigenvalue weighted by atomic mass is 32.2. The summed E-state index contributed by atoms with van der Waals surface area (Å²) in [6.07, 6.45) is 3.78. The van der Waals surface area contributed by atoms with Crippen LogP contribution in [0.5, 0.6) is 0 Å². The van der Waals surface area contributed by atoms with E-state index >= 15 is 0 Å². The summed E-state index contributed by atoms with van der Waals surface area (Å²) in [4.78, 5) is 2.80. The lowest BCUT2D eigenvalue weighted by Crippen LogP contribution is -2.25. The Balaban J connectivity index is 1.47. The molecule has 2 unspecified atom stereocenters. The van der Waals surface area contributed by atoms with E-state index in [1.807, 2.05) is 25.5 Å². The average molecular weight is 394 g/mol. The molecule has 0 aliphatic carbocycles. The standard InChI is InChI=1S/C22H23N3O2S/c1-15-4-3-5-16(8-15)11-25-13-20-19-9-17(18-10-23-24(2)12-18)6-7-21(19)28(26,27)22(20)14-25/h3-10,12,20,22H,11,13-14H2,1-2H3. The summed E-state index contributed by atoms with van der Waals surface area (Å²) in [5.74, 6) is 0.0430. The molecule has 28 heavy (non-hydrogen) atoms. The van der Waals surface area contributed by atoms with E-state index in [9.17, 15) is 8.42 Å². The number of hydrogen-bond acceptors (Lipinski definition) is 4. The second kappa shape index (κ2) is 6.29. The van der Waals surface area contributed by atoms with E-state index in [0.29, 0.717) is 11.4 Å². The first-order valence-corrected chi connectivity index (χ1v) is 11.1. The number of rotatable bonds is 3. The minimum atomic E-state index is -3.27. The molecule has 0 amide bonds. The molecule has 5 nitrogen and oxygen atoms in total. The maximum absolute atomic E-state index is 13.1. The number of benzene rings is 2. The van der Waals surface area contributed by atoms with Gasteiger partial charge in [-0.3, -0.25) is 9.58 Å². The average Bonchev–Trinajstić information content (AvgIpc) is 3.32. The molecule has 5 rings (SSSR count). The number of fused-ring (bicyclic) bond motifs is 3. The predicted molar refractivity (Wildman–Crippen MR) is 109 cm³/mol. The molecule has 0 saturated carbocycles. The minimum Gasteiger partial charge on any atom is -0.297 e. The lowest BCUT2D eigenvalue weighted by molar-refractivity contribution is 0.325. The Labute approximate surface area is 165 Å². The first-order valence-electron chi connectivity index (χ1n) is 9.56. The third-order valence-corrected chi connectivity index (χ3v) is 8.24. The van der Waals surface area contributed by atoms with Gasteiger partial charge in [0.2, 0.25) is 0 Å². The van der Waals surface area contributed by atoms with Crippen LogP contribution in [0.25, 0.3) is 11.1 Å². The van der Waals surface area contributed by atoms with Crippen molar-refractivity contribution in [3.8, 4) is 11.1 Å². The van der Waals surface area contributed by atoms with Crippen LogP contribution in [0.1, 0.15) is 22.6 Å². The Kier molecular flexibility index (Phi) is 3.96. The summed E-state index contributed by atoms with van der Waals surface area (Å²) in [5.41, 5.74) is 5.48. The minimum absolute atomic E-state index is 0.0430. The van der Waals surface area contributed by atoms with Gasteiger partial charge in [-0.15, -0.1) is 0 Å². The Bertz CT molecular complexity index is 1170. The fourth-order valence-electron chi connectivity index (χ4n) is 4.67. The summed E-state index contributed by atoms with van der Waals surface area (Å²) < 4.78 is 28.0. The maximum atomic E-state index is 13.1. The van der Waals surface area contributed by atoms with Crippen LogP contribution in [0, 0.1) is 6.92 Å². The van der Waals surface area contributed by atoms with E-state index in [1.165, 1.54) is 11.1 Å². The van der Waals surface area contributed by atoms with Gasteiger partial charge in [-0.2, -0.15) is 5.10 Å². The summed E-state index contributed by atoms with van der Waals surface area (Å²) >= 11 is 0. The van der Waals surface area contributed by atoms with Crippen LogP contribution in [0.15, 0.2) is 59.8 Å². The van der Waals surface area contributed by atoms with E-state index in [2.05, 4.69) is 47.3 Å². The van der Waals surface area contributed by atoms with Crippen LogP contribution in [0.3, 0.4) is 0 Å². The highest BCUT2D eigenvalue weighted by Gasteiger charge is 2.50. The van der Waals surface area contributed by atoms with Gasteiger partial charge in [0.15, 0.2) is 9.84 Å². The summed E-state index contributed by atoms with van der Waals surface area (Å²) in [6, 6.07) is 14.2. The zero-order chi connectivity index (χ0) is 19.5. The van der Waals surface area contributed by atoms with Crippen molar-refractivity contribution in [2.24, 2.45) is 7.05 Å². The predicted octanol–water partition coefficient (Wildman–Crippen LogP) is 3.15. The van der Waals surface area contributed by atoms with E-state index in [0.717, 1.165) is 29.8 Å². The van der Waals surface area contributed by atoms with Gasteiger partial charge in [0.1, 0.15) is 0 Å². The topological polar surface area (TPSA) is 55.2 Å². The van der Waals surface area contributed by atoms with Crippen LogP contribution in [-0.2, 0) is 23.4 Å². The second-order valence-electron chi connectivity index (χ2n) is 8.03. The molecule has 2 aliphatic rings. The second-order valence-corrected chi connectivity index (χ2v) is 10.2. The zero-order valence-corrected chi connectivity index (χ0v) is 16.9. The normalized spacial score (nSPS) is 22.9. The van der Waals surface area contributed by atoms with E-state index in [1.54, 1.807) is 10.7 Å². The van der Waals surface area contributed by atoms with Gasteiger partial charge in [-0.05, 0) is 35.7 Å². The molecule has 144 valence electrons. The summed E-state index contributed by atoms with van der Waals surface area (Å²) in [7, 11) is -1.39. The highest BCUT2D eigenvalue weighted by Crippen LogP contribution is 2.46. The number of aryl methyl sites for hydroxylation is 2. The molecule has 0 spiro atoms. The lowest BCUT2D eigenvalue weighted by atomic mass is 9.95. The van der Waals surface area contributed by atoms with Gasteiger partial charge in [0.05, 0.1) is 16.3 Å². The number of likely N-dealkylation sites (tertiary alicyclic amines) is 1. The van der Waals surface area contributed by atoms with Crippen molar-refractivity contribution in [1.29, 1.82) is 0 Å². The Morgan fingerprint density at radius 1 is 1.11 bits per heavy atom. The first-order chi connectivity index (χ1) is 13.4. The molecule has 3 aromatic rings. The monoisotopic (exact) mass is 393 g/mol. The van der Waals surface area contributed by atoms with Crippen molar-refractivity contribution in [1.82, 2.24) is 14.7 Å². The zero-order valence-electron chi connectivity index (χ0n) is 16.0. The van der Waals surface area contributed by atoms with Crippen molar-refractivity contribution in [2.75, 3.05) is 13.1 Å². The number of nitrogens with zero attached hydrogens (tertiary/aromatic N) is 3. The summed E-state index contributed by atoms with van der Waals surface area (Å²) in [6.45, 7) is 4.25. The molecule has 6 heteroatoms. The van der Waals surface area contributed by atoms with E-state index in [4.69, 9.17) is 0 Å². The third-order valence-electron chi connectivity index (χ3n) is 5.98. The van der Waals surface area contributed by atoms with Crippen LogP contribution in [0.2, 0.25) is 0 Å². The van der Waals surface area contributed by atoms with E-state index in [-0.39, 0.29) is 11.2 Å². The smallest absolute Gasteiger partial charge is 0.183 e. The van der Waals surface area contributed by atoms with Crippen molar-refractivity contribution in [3.05, 3.63) is 71.5 Å². The lowest BCUT2D eigenvalue weighted by Gasteiger charge is -2.18. The molecule has 1 saturated heterocycles. The van der Waals surface area contributed by atoms with Crippen molar-refractivity contribution < 1.29 is 8.42 Å². The SMILES string of the molecule is Cc1cccc(CN2CC3c4cc(-c5cnn(C)c5)ccc4S(=O)(=O)C3C2)c1. The Hall–Kier alpha value is -2.44. The molecule has 1 fully saturated rings. The van der Waals surface area contributed by atoms with Crippen molar-refractivity contribution in [2.45, 2.75) is 29.5 Å². The van der Waals surface area contributed by atoms with Crippen LogP contribution >= 0.6 is 0 Å². The Morgan fingerprint density at radius 3 is 2.71 bits per heavy atom. The van der Waals surface area contributed by atoms with Gasteiger partial charge in [-0.25, -0.2) is 8.42 Å². The van der Waals surface area contributed by atoms with Gasteiger partial charge in [-0.1, -0.05) is 35.9 Å².